The first kappa shape index (κ1) is 25.8. The van der Waals surface area contributed by atoms with Crippen molar-refractivity contribution in [3.8, 4) is 5.75 Å². The average Bonchev–Trinajstić information content (AvgIpc) is 2.76. The maximum atomic E-state index is 11.7. The Bertz CT molecular complexity index is 981. The van der Waals surface area contributed by atoms with E-state index >= 15 is 0 Å². The molecule has 0 aromatic heterocycles. The number of benzene rings is 2. The van der Waals surface area contributed by atoms with Crippen molar-refractivity contribution >= 4 is 47.2 Å². The molecule has 33 heavy (non-hydrogen) atoms. The SMILES string of the molecule is CCOc1ccc(Cc2cc([C@@H]3O[C@H](S)[C@@H](OC(C)=O)[C@H](OC(C)=O)[C@H]3O)ccc2I)cc1. The van der Waals surface area contributed by atoms with Gasteiger partial charge in [0.1, 0.15) is 23.4 Å². The molecule has 7 nitrogen and oxygen atoms in total. The number of ether oxygens (including phenoxy) is 4. The quantitative estimate of drug-likeness (QED) is 0.290. The zero-order chi connectivity index (χ0) is 24.1. The van der Waals surface area contributed by atoms with Gasteiger partial charge in [0.2, 0.25) is 0 Å². The highest BCUT2D eigenvalue weighted by molar-refractivity contribution is 14.1. The number of rotatable bonds is 7. The van der Waals surface area contributed by atoms with E-state index in [1.54, 1.807) is 0 Å². The van der Waals surface area contributed by atoms with E-state index in [-0.39, 0.29) is 0 Å². The van der Waals surface area contributed by atoms with E-state index in [0.717, 1.165) is 20.4 Å². The average molecular weight is 586 g/mol. The third kappa shape index (κ3) is 6.62. The van der Waals surface area contributed by atoms with Crippen LogP contribution in [0.5, 0.6) is 5.75 Å². The predicted octanol–water partition coefficient (Wildman–Crippen LogP) is 3.83. The van der Waals surface area contributed by atoms with Crippen LogP contribution in [-0.2, 0) is 30.2 Å². The lowest BCUT2D eigenvalue weighted by Gasteiger charge is -2.42. The van der Waals surface area contributed by atoms with Gasteiger partial charge < -0.3 is 24.1 Å². The topological polar surface area (TPSA) is 91.3 Å². The molecule has 0 radical (unpaired) electrons. The highest BCUT2D eigenvalue weighted by atomic mass is 127. The second-order valence-electron chi connectivity index (χ2n) is 7.69. The molecule has 0 unspecified atom stereocenters. The molecular weight excluding hydrogens is 559 g/mol. The Kier molecular flexibility index (Phi) is 9.02. The van der Waals surface area contributed by atoms with Crippen LogP contribution in [0.3, 0.4) is 0 Å². The van der Waals surface area contributed by atoms with Gasteiger partial charge in [0.25, 0.3) is 0 Å². The third-order valence-electron chi connectivity index (χ3n) is 5.17. The number of thiol groups is 1. The Morgan fingerprint density at radius 3 is 2.30 bits per heavy atom. The summed E-state index contributed by atoms with van der Waals surface area (Å²) in [6.07, 6.45) is -3.54. The van der Waals surface area contributed by atoms with Crippen molar-refractivity contribution in [2.24, 2.45) is 0 Å². The lowest BCUT2D eigenvalue weighted by molar-refractivity contribution is -0.225. The van der Waals surface area contributed by atoms with Crippen LogP contribution in [0.25, 0.3) is 0 Å². The number of carbonyl (C=O) groups is 2. The van der Waals surface area contributed by atoms with Crippen LogP contribution < -0.4 is 4.74 Å². The molecule has 1 aliphatic heterocycles. The Balaban J connectivity index is 1.85. The lowest BCUT2D eigenvalue weighted by Crippen LogP contribution is -2.55. The van der Waals surface area contributed by atoms with Crippen molar-refractivity contribution in [3.05, 3.63) is 62.7 Å². The summed E-state index contributed by atoms with van der Waals surface area (Å²) in [6, 6.07) is 13.7. The number of hydrogen-bond donors (Lipinski definition) is 2. The van der Waals surface area contributed by atoms with Gasteiger partial charge in [-0.25, -0.2) is 0 Å². The largest absolute Gasteiger partial charge is 0.494 e. The first-order valence-electron chi connectivity index (χ1n) is 10.6. The van der Waals surface area contributed by atoms with Crippen LogP contribution in [0.4, 0.5) is 0 Å². The fourth-order valence-electron chi connectivity index (χ4n) is 3.76. The van der Waals surface area contributed by atoms with Crippen molar-refractivity contribution in [1.82, 2.24) is 0 Å². The Hall–Kier alpha value is -1.82. The maximum absolute atomic E-state index is 11.7. The standard InChI is InChI=1S/C24H27IO7S/c1-4-29-18-8-5-15(6-9-18)11-17-12-16(7-10-19(17)25)21-20(28)22(30-13(2)26)23(24(33)32-21)31-14(3)27/h5-10,12,20-24,28,33H,4,11H2,1-3H3/t20-,21-,22+,23-,24+/m0/s1. The van der Waals surface area contributed by atoms with Crippen molar-refractivity contribution in [2.45, 2.75) is 57.0 Å². The fraction of sp³-hybridized carbons (Fsp3) is 0.417. The smallest absolute Gasteiger partial charge is 0.303 e. The molecule has 1 N–H and O–H groups in total. The van der Waals surface area contributed by atoms with E-state index < -0.39 is 41.8 Å². The van der Waals surface area contributed by atoms with E-state index in [2.05, 4.69) is 35.2 Å². The summed E-state index contributed by atoms with van der Waals surface area (Å²) < 4.78 is 23.0. The van der Waals surface area contributed by atoms with E-state index in [0.29, 0.717) is 18.6 Å². The number of halogens is 1. The van der Waals surface area contributed by atoms with Crippen molar-refractivity contribution in [2.75, 3.05) is 6.61 Å². The van der Waals surface area contributed by atoms with Gasteiger partial charge in [-0.05, 0) is 70.8 Å². The zero-order valence-corrected chi connectivity index (χ0v) is 21.6. The molecule has 2 aromatic rings. The minimum atomic E-state index is -1.25. The molecule has 0 saturated carbocycles. The van der Waals surface area contributed by atoms with Gasteiger partial charge in [-0.1, -0.05) is 24.3 Å². The van der Waals surface area contributed by atoms with Gasteiger partial charge in [-0.15, -0.1) is 12.6 Å². The van der Waals surface area contributed by atoms with Crippen LogP contribution in [0.15, 0.2) is 42.5 Å². The molecule has 5 atom stereocenters. The van der Waals surface area contributed by atoms with Crippen LogP contribution in [0.2, 0.25) is 0 Å². The summed E-state index contributed by atoms with van der Waals surface area (Å²) in [5, 5.41) is 11.0. The van der Waals surface area contributed by atoms with E-state index in [1.165, 1.54) is 13.8 Å². The Morgan fingerprint density at radius 1 is 1.06 bits per heavy atom. The molecule has 1 heterocycles. The predicted molar refractivity (Wildman–Crippen MR) is 133 cm³/mol. The van der Waals surface area contributed by atoms with E-state index in [9.17, 15) is 14.7 Å². The lowest BCUT2D eigenvalue weighted by atomic mass is 9.92. The monoisotopic (exact) mass is 586 g/mol. The highest BCUT2D eigenvalue weighted by Gasteiger charge is 2.48. The Morgan fingerprint density at radius 2 is 1.70 bits per heavy atom. The maximum Gasteiger partial charge on any atom is 0.303 e. The van der Waals surface area contributed by atoms with Gasteiger partial charge in [-0.2, -0.15) is 0 Å². The van der Waals surface area contributed by atoms with Gasteiger partial charge in [0, 0.05) is 17.4 Å². The number of aliphatic hydroxyl groups is 1. The van der Waals surface area contributed by atoms with E-state index in [1.807, 2.05) is 49.4 Å². The first-order valence-corrected chi connectivity index (χ1v) is 12.1. The minimum absolute atomic E-state index is 0.586. The summed E-state index contributed by atoms with van der Waals surface area (Å²) in [5.41, 5.74) is 1.98. The van der Waals surface area contributed by atoms with Crippen molar-refractivity contribution in [1.29, 1.82) is 0 Å². The molecule has 2 aromatic carbocycles. The molecule has 9 heteroatoms. The summed E-state index contributed by atoms with van der Waals surface area (Å²) in [7, 11) is 0. The zero-order valence-electron chi connectivity index (χ0n) is 18.6. The number of carbonyl (C=O) groups excluding carboxylic acids is 2. The molecule has 3 rings (SSSR count). The second kappa shape index (κ2) is 11.5. The molecule has 0 aliphatic carbocycles. The molecular formula is C24H27IO7S. The summed E-state index contributed by atoms with van der Waals surface area (Å²) >= 11 is 6.67. The molecule has 1 fully saturated rings. The summed E-state index contributed by atoms with van der Waals surface area (Å²) in [6.45, 7) is 5.02. The molecule has 0 amide bonds. The third-order valence-corrected chi connectivity index (χ3v) is 6.64. The van der Waals surface area contributed by atoms with Crippen molar-refractivity contribution in [3.63, 3.8) is 0 Å². The molecule has 1 aliphatic rings. The van der Waals surface area contributed by atoms with Gasteiger partial charge in [0.15, 0.2) is 12.2 Å². The number of aliphatic hydroxyl groups excluding tert-OH is 1. The van der Waals surface area contributed by atoms with Crippen LogP contribution in [-0.4, -0.2) is 47.4 Å². The molecule has 0 spiro atoms. The minimum Gasteiger partial charge on any atom is -0.494 e. The molecule has 0 bridgehead atoms. The fourth-order valence-corrected chi connectivity index (χ4v) is 4.64. The van der Waals surface area contributed by atoms with Gasteiger partial charge >= 0.3 is 11.9 Å². The van der Waals surface area contributed by atoms with Crippen LogP contribution in [0, 0.1) is 3.57 Å². The van der Waals surface area contributed by atoms with E-state index in [4.69, 9.17) is 18.9 Å². The van der Waals surface area contributed by atoms with Crippen LogP contribution >= 0.6 is 35.2 Å². The summed E-state index contributed by atoms with van der Waals surface area (Å²) in [5.74, 6) is -0.365. The van der Waals surface area contributed by atoms with Gasteiger partial charge in [-0.3, -0.25) is 9.59 Å². The second-order valence-corrected chi connectivity index (χ2v) is 9.36. The summed E-state index contributed by atoms with van der Waals surface area (Å²) in [4.78, 5) is 23.2. The molecule has 178 valence electrons. The van der Waals surface area contributed by atoms with Crippen molar-refractivity contribution < 1.29 is 33.6 Å². The Labute approximate surface area is 212 Å². The van der Waals surface area contributed by atoms with Gasteiger partial charge in [0.05, 0.1) is 6.61 Å². The first-order chi connectivity index (χ1) is 15.7. The normalized spacial score (nSPS) is 24.7. The van der Waals surface area contributed by atoms with Crippen LogP contribution in [0.1, 0.15) is 43.6 Å². The highest BCUT2D eigenvalue weighted by Crippen LogP contribution is 2.37. The number of hydrogen-bond acceptors (Lipinski definition) is 8. The number of esters is 2. The molecule has 1 saturated heterocycles.